The lowest BCUT2D eigenvalue weighted by Gasteiger charge is -2.05. The van der Waals surface area contributed by atoms with Gasteiger partial charge in [0.05, 0.1) is 6.61 Å². The summed E-state index contributed by atoms with van der Waals surface area (Å²) in [6, 6.07) is 0. The Morgan fingerprint density at radius 2 is 1.92 bits per heavy atom. The van der Waals surface area contributed by atoms with Crippen molar-refractivity contribution < 1.29 is 9.53 Å². The first-order valence-corrected chi connectivity index (χ1v) is 5.42. The Balaban J connectivity index is 3.12. The van der Waals surface area contributed by atoms with E-state index >= 15 is 0 Å². The van der Waals surface area contributed by atoms with E-state index in [9.17, 15) is 4.79 Å². The van der Waals surface area contributed by atoms with Gasteiger partial charge in [-0.1, -0.05) is 32.6 Å². The smallest absolute Gasteiger partial charge is 0.323 e. The van der Waals surface area contributed by atoms with Gasteiger partial charge in [0.15, 0.2) is 0 Å². The van der Waals surface area contributed by atoms with Crippen molar-refractivity contribution in [3.8, 4) is 0 Å². The summed E-state index contributed by atoms with van der Waals surface area (Å²) in [6.45, 7) is 4.32. The third-order valence-corrected chi connectivity index (χ3v) is 2.00. The zero-order valence-electron chi connectivity index (χ0n) is 8.51. The molecule has 1 atom stereocenters. The second-order valence-electron chi connectivity index (χ2n) is 3.20. The fourth-order valence-corrected chi connectivity index (χ4v) is 1.06. The quantitative estimate of drug-likeness (QED) is 0.364. The minimum Gasteiger partial charge on any atom is -0.465 e. The highest BCUT2D eigenvalue weighted by Crippen LogP contribution is 2.03. The van der Waals surface area contributed by atoms with Crippen LogP contribution in [0.5, 0.6) is 0 Å². The van der Waals surface area contributed by atoms with Gasteiger partial charge in [-0.05, 0) is 13.3 Å². The fourth-order valence-electron chi connectivity index (χ4n) is 0.993. The molecule has 0 aromatic heterocycles. The SMILES string of the molecule is CCCCCCCOC(=O)C(C)Cl. The first-order chi connectivity index (χ1) is 6.18. The van der Waals surface area contributed by atoms with Crippen LogP contribution in [-0.4, -0.2) is 18.0 Å². The van der Waals surface area contributed by atoms with E-state index in [1.807, 2.05) is 0 Å². The molecule has 0 rings (SSSR count). The predicted molar refractivity (Wildman–Crippen MR) is 55.0 cm³/mol. The molecule has 0 saturated carbocycles. The summed E-state index contributed by atoms with van der Waals surface area (Å²) in [5.41, 5.74) is 0. The summed E-state index contributed by atoms with van der Waals surface area (Å²) >= 11 is 5.52. The van der Waals surface area contributed by atoms with Gasteiger partial charge in [-0.3, -0.25) is 4.79 Å². The van der Waals surface area contributed by atoms with Crippen LogP contribution in [0.4, 0.5) is 0 Å². The molecule has 0 aliphatic heterocycles. The van der Waals surface area contributed by atoms with Gasteiger partial charge < -0.3 is 4.74 Å². The maximum Gasteiger partial charge on any atom is 0.323 e. The van der Waals surface area contributed by atoms with E-state index in [2.05, 4.69) is 6.92 Å². The van der Waals surface area contributed by atoms with E-state index in [0.717, 1.165) is 12.8 Å². The molecular weight excluding hydrogens is 188 g/mol. The van der Waals surface area contributed by atoms with Crippen LogP contribution >= 0.6 is 11.6 Å². The largest absolute Gasteiger partial charge is 0.465 e. The Morgan fingerprint density at radius 1 is 1.31 bits per heavy atom. The number of carbonyl (C=O) groups excluding carboxylic acids is 1. The number of carbonyl (C=O) groups is 1. The Bertz CT molecular complexity index is 135. The number of hydrogen-bond acceptors (Lipinski definition) is 2. The molecule has 3 heteroatoms. The highest BCUT2D eigenvalue weighted by Gasteiger charge is 2.09. The van der Waals surface area contributed by atoms with E-state index in [1.165, 1.54) is 19.3 Å². The van der Waals surface area contributed by atoms with Gasteiger partial charge in [0.2, 0.25) is 0 Å². The number of unbranched alkanes of at least 4 members (excludes halogenated alkanes) is 4. The number of alkyl halides is 1. The van der Waals surface area contributed by atoms with Gasteiger partial charge in [0.1, 0.15) is 5.38 Å². The molecule has 1 unspecified atom stereocenters. The van der Waals surface area contributed by atoms with Crippen molar-refractivity contribution in [1.29, 1.82) is 0 Å². The number of esters is 1. The molecule has 0 amide bonds. The lowest BCUT2D eigenvalue weighted by molar-refractivity contribution is -0.142. The van der Waals surface area contributed by atoms with Crippen molar-refractivity contribution in [3.63, 3.8) is 0 Å². The standard InChI is InChI=1S/C10H19ClO2/c1-3-4-5-6-7-8-13-10(12)9(2)11/h9H,3-8H2,1-2H3. The average Bonchev–Trinajstić information content (AvgIpc) is 2.10. The number of halogens is 1. The summed E-state index contributed by atoms with van der Waals surface area (Å²) < 4.78 is 4.91. The lowest BCUT2D eigenvalue weighted by Crippen LogP contribution is -2.14. The second kappa shape index (κ2) is 8.36. The summed E-state index contributed by atoms with van der Waals surface area (Å²) in [4.78, 5) is 10.9. The molecular formula is C10H19ClO2. The topological polar surface area (TPSA) is 26.3 Å². The molecule has 0 radical (unpaired) electrons. The first kappa shape index (κ1) is 12.8. The first-order valence-electron chi connectivity index (χ1n) is 4.99. The van der Waals surface area contributed by atoms with Gasteiger partial charge in [0, 0.05) is 0 Å². The Morgan fingerprint density at radius 3 is 2.46 bits per heavy atom. The van der Waals surface area contributed by atoms with E-state index < -0.39 is 5.38 Å². The molecule has 13 heavy (non-hydrogen) atoms. The normalized spacial score (nSPS) is 12.5. The Hall–Kier alpha value is -0.240. The van der Waals surface area contributed by atoms with Crippen LogP contribution in [0.2, 0.25) is 0 Å². The zero-order chi connectivity index (χ0) is 10.1. The number of hydrogen-bond donors (Lipinski definition) is 0. The average molecular weight is 207 g/mol. The zero-order valence-corrected chi connectivity index (χ0v) is 9.27. The van der Waals surface area contributed by atoms with Gasteiger partial charge >= 0.3 is 5.97 Å². The molecule has 0 aromatic rings. The highest BCUT2D eigenvalue weighted by atomic mass is 35.5. The van der Waals surface area contributed by atoms with Crippen LogP contribution in [-0.2, 0) is 9.53 Å². The molecule has 0 aliphatic carbocycles. The van der Waals surface area contributed by atoms with Crippen molar-refractivity contribution in [1.82, 2.24) is 0 Å². The fraction of sp³-hybridized carbons (Fsp3) is 0.900. The Kier molecular flexibility index (Phi) is 8.21. The minimum atomic E-state index is -0.518. The van der Waals surface area contributed by atoms with E-state index in [4.69, 9.17) is 16.3 Å². The van der Waals surface area contributed by atoms with E-state index in [0.29, 0.717) is 6.61 Å². The van der Waals surface area contributed by atoms with Crippen LogP contribution in [0.25, 0.3) is 0 Å². The molecule has 0 aromatic carbocycles. The molecule has 78 valence electrons. The molecule has 0 saturated heterocycles. The van der Waals surface area contributed by atoms with Crippen LogP contribution in [0, 0.1) is 0 Å². The van der Waals surface area contributed by atoms with Crippen molar-refractivity contribution >= 4 is 17.6 Å². The van der Waals surface area contributed by atoms with Crippen molar-refractivity contribution in [2.24, 2.45) is 0 Å². The van der Waals surface area contributed by atoms with Gasteiger partial charge in [0.25, 0.3) is 0 Å². The van der Waals surface area contributed by atoms with E-state index in [1.54, 1.807) is 6.92 Å². The lowest BCUT2D eigenvalue weighted by atomic mass is 10.2. The van der Waals surface area contributed by atoms with Crippen LogP contribution in [0.1, 0.15) is 46.0 Å². The summed E-state index contributed by atoms with van der Waals surface area (Å²) in [7, 11) is 0. The molecule has 0 bridgehead atoms. The monoisotopic (exact) mass is 206 g/mol. The van der Waals surface area contributed by atoms with Gasteiger partial charge in [-0.25, -0.2) is 0 Å². The number of rotatable bonds is 7. The van der Waals surface area contributed by atoms with Crippen LogP contribution in [0.15, 0.2) is 0 Å². The third kappa shape index (κ3) is 8.10. The highest BCUT2D eigenvalue weighted by molar-refractivity contribution is 6.29. The maximum absolute atomic E-state index is 10.9. The van der Waals surface area contributed by atoms with Gasteiger partial charge in [-0.15, -0.1) is 11.6 Å². The maximum atomic E-state index is 10.9. The molecule has 0 fully saturated rings. The number of ether oxygens (including phenoxy) is 1. The van der Waals surface area contributed by atoms with Crippen molar-refractivity contribution in [2.45, 2.75) is 51.3 Å². The predicted octanol–water partition coefficient (Wildman–Crippen LogP) is 3.13. The molecule has 0 heterocycles. The minimum absolute atomic E-state index is 0.308. The van der Waals surface area contributed by atoms with Gasteiger partial charge in [-0.2, -0.15) is 0 Å². The summed E-state index contributed by atoms with van der Waals surface area (Å²) in [6.07, 6.45) is 5.82. The summed E-state index contributed by atoms with van der Waals surface area (Å²) in [5, 5.41) is -0.518. The van der Waals surface area contributed by atoms with Crippen LogP contribution in [0.3, 0.4) is 0 Å². The molecule has 0 spiro atoms. The van der Waals surface area contributed by atoms with Crippen molar-refractivity contribution in [2.75, 3.05) is 6.61 Å². The van der Waals surface area contributed by atoms with Crippen LogP contribution < -0.4 is 0 Å². The molecule has 0 N–H and O–H groups in total. The molecule has 0 aliphatic rings. The molecule has 2 nitrogen and oxygen atoms in total. The van der Waals surface area contributed by atoms with E-state index in [-0.39, 0.29) is 5.97 Å². The Labute approximate surface area is 85.6 Å². The third-order valence-electron chi connectivity index (χ3n) is 1.82. The summed E-state index contributed by atoms with van der Waals surface area (Å²) in [5.74, 6) is -0.308. The van der Waals surface area contributed by atoms with Crippen molar-refractivity contribution in [3.05, 3.63) is 0 Å². The second-order valence-corrected chi connectivity index (χ2v) is 3.85.